The van der Waals surface area contributed by atoms with Gasteiger partial charge in [-0.25, -0.2) is 0 Å². The lowest BCUT2D eigenvalue weighted by Crippen LogP contribution is -2.30. The number of carboxylic acid groups (broad SMARTS) is 2. The summed E-state index contributed by atoms with van der Waals surface area (Å²) in [6, 6.07) is 0. The van der Waals surface area contributed by atoms with Crippen molar-refractivity contribution in [1.82, 2.24) is 0 Å². The minimum Gasteiger partial charge on any atom is -0.481 e. The smallest absolute Gasteiger partial charge is 0.306 e. The second-order valence-corrected chi connectivity index (χ2v) is 5.08. The standard InChI is InChI=1S/C12H18O4/c13-11(14)9-5-1-3-7(9)8-4-2-6-10(8)12(15)16/h7-10H,1-6H2,(H,13,14)(H,15,16). The molecule has 0 aromatic heterocycles. The molecule has 0 saturated heterocycles. The van der Waals surface area contributed by atoms with Gasteiger partial charge in [-0.1, -0.05) is 12.8 Å². The van der Waals surface area contributed by atoms with Crippen molar-refractivity contribution in [3.63, 3.8) is 0 Å². The Labute approximate surface area is 94.7 Å². The fraction of sp³-hybridized carbons (Fsp3) is 0.833. The predicted octanol–water partition coefficient (Wildman–Crippen LogP) is 1.99. The summed E-state index contributed by atoms with van der Waals surface area (Å²) in [5.74, 6) is -1.88. The van der Waals surface area contributed by atoms with E-state index in [4.69, 9.17) is 10.2 Å². The van der Waals surface area contributed by atoms with Gasteiger partial charge in [0.05, 0.1) is 11.8 Å². The zero-order valence-corrected chi connectivity index (χ0v) is 9.26. The van der Waals surface area contributed by atoms with E-state index in [0.717, 1.165) is 38.5 Å². The van der Waals surface area contributed by atoms with E-state index < -0.39 is 11.9 Å². The highest BCUT2D eigenvalue weighted by atomic mass is 16.4. The summed E-state index contributed by atoms with van der Waals surface area (Å²) >= 11 is 0. The molecule has 2 aliphatic carbocycles. The Morgan fingerprint density at radius 3 is 1.44 bits per heavy atom. The molecule has 0 aromatic carbocycles. The van der Waals surface area contributed by atoms with Crippen LogP contribution in [0.3, 0.4) is 0 Å². The molecule has 0 aliphatic heterocycles. The average molecular weight is 226 g/mol. The highest BCUT2D eigenvalue weighted by molar-refractivity contribution is 5.72. The van der Waals surface area contributed by atoms with Crippen LogP contribution >= 0.6 is 0 Å². The molecule has 0 spiro atoms. The van der Waals surface area contributed by atoms with Gasteiger partial charge in [0.15, 0.2) is 0 Å². The van der Waals surface area contributed by atoms with Crippen LogP contribution < -0.4 is 0 Å². The summed E-state index contributed by atoms with van der Waals surface area (Å²) in [5.41, 5.74) is 0. The number of carbonyl (C=O) groups is 2. The third-order valence-corrected chi connectivity index (χ3v) is 4.32. The largest absolute Gasteiger partial charge is 0.481 e. The van der Waals surface area contributed by atoms with Crippen molar-refractivity contribution in [3.8, 4) is 0 Å². The van der Waals surface area contributed by atoms with Gasteiger partial charge < -0.3 is 10.2 Å². The molecule has 4 heteroatoms. The minimum absolute atomic E-state index is 0.0982. The molecule has 0 radical (unpaired) electrons. The van der Waals surface area contributed by atoms with Crippen molar-refractivity contribution in [3.05, 3.63) is 0 Å². The van der Waals surface area contributed by atoms with E-state index in [9.17, 15) is 9.59 Å². The van der Waals surface area contributed by atoms with Gasteiger partial charge in [0.1, 0.15) is 0 Å². The molecule has 2 fully saturated rings. The number of aliphatic carboxylic acids is 2. The quantitative estimate of drug-likeness (QED) is 0.771. The summed E-state index contributed by atoms with van der Waals surface area (Å²) in [5, 5.41) is 18.2. The fourth-order valence-corrected chi connectivity index (χ4v) is 3.62. The average Bonchev–Trinajstić information content (AvgIpc) is 2.85. The Kier molecular flexibility index (Phi) is 3.17. The van der Waals surface area contributed by atoms with Crippen LogP contribution in [-0.2, 0) is 9.59 Å². The molecule has 0 heterocycles. The van der Waals surface area contributed by atoms with E-state index in [1.54, 1.807) is 0 Å². The Morgan fingerprint density at radius 2 is 1.12 bits per heavy atom. The summed E-state index contributed by atoms with van der Waals surface area (Å²) in [6.07, 6.45) is 5.11. The number of rotatable bonds is 3. The molecule has 4 atom stereocenters. The lowest BCUT2D eigenvalue weighted by molar-refractivity contribution is -0.148. The fourth-order valence-electron chi connectivity index (χ4n) is 3.62. The summed E-state index contributed by atoms with van der Waals surface area (Å²) in [4.78, 5) is 22.2. The van der Waals surface area contributed by atoms with E-state index in [-0.39, 0.29) is 23.7 Å². The van der Waals surface area contributed by atoms with Gasteiger partial charge in [-0.2, -0.15) is 0 Å². The van der Waals surface area contributed by atoms with Crippen LogP contribution in [0.1, 0.15) is 38.5 Å². The monoisotopic (exact) mass is 226 g/mol. The first-order chi connectivity index (χ1) is 7.61. The van der Waals surface area contributed by atoms with Crippen LogP contribution in [0.4, 0.5) is 0 Å². The first-order valence-corrected chi connectivity index (χ1v) is 6.07. The van der Waals surface area contributed by atoms with Crippen molar-refractivity contribution in [2.75, 3.05) is 0 Å². The normalized spacial score (nSPS) is 38.8. The molecule has 0 aromatic rings. The predicted molar refractivity (Wildman–Crippen MR) is 56.9 cm³/mol. The molecule has 16 heavy (non-hydrogen) atoms. The number of hydrogen-bond donors (Lipinski definition) is 2. The zero-order valence-electron chi connectivity index (χ0n) is 9.26. The highest BCUT2D eigenvalue weighted by Gasteiger charge is 2.45. The molecular formula is C12H18O4. The van der Waals surface area contributed by atoms with Crippen molar-refractivity contribution >= 4 is 11.9 Å². The molecule has 4 nitrogen and oxygen atoms in total. The van der Waals surface area contributed by atoms with Crippen LogP contribution in [0.25, 0.3) is 0 Å². The third-order valence-electron chi connectivity index (χ3n) is 4.32. The van der Waals surface area contributed by atoms with Crippen LogP contribution in [0, 0.1) is 23.7 Å². The minimum atomic E-state index is -0.737. The third kappa shape index (κ3) is 1.93. The molecule has 0 amide bonds. The first-order valence-electron chi connectivity index (χ1n) is 6.07. The molecule has 0 bridgehead atoms. The summed E-state index contributed by atoms with van der Waals surface area (Å²) < 4.78 is 0. The summed E-state index contributed by atoms with van der Waals surface area (Å²) in [7, 11) is 0. The van der Waals surface area contributed by atoms with Crippen LogP contribution in [0.15, 0.2) is 0 Å². The Hall–Kier alpha value is -1.06. The van der Waals surface area contributed by atoms with E-state index in [0.29, 0.717) is 0 Å². The van der Waals surface area contributed by atoms with Crippen molar-refractivity contribution in [2.45, 2.75) is 38.5 Å². The second-order valence-electron chi connectivity index (χ2n) is 5.08. The molecule has 2 N–H and O–H groups in total. The second kappa shape index (κ2) is 4.44. The number of hydrogen-bond acceptors (Lipinski definition) is 2. The van der Waals surface area contributed by atoms with Crippen LogP contribution in [0.5, 0.6) is 0 Å². The van der Waals surface area contributed by atoms with Crippen molar-refractivity contribution in [1.29, 1.82) is 0 Å². The zero-order chi connectivity index (χ0) is 11.7. The van der Waals surface area contributed by atoms with Gasteiger partial charge >= 0.3 is 11.9 Å². The highest BCUT2D eigenvalue weighted by Crippen LogP contribution is 2.46. The van der Waals surface area contributed by atoms with Gasteiger partial charge in [-0.05, 0) is 37.5 Å². The SMILES string of the molecule is O=C(O)C1CCCC1C1CCCC1C(=O)O. The maximum atomic E-state index is 11.1. The van der Waals surface area contributed by atoms with Crippen molar-refractivity contribution in [2.24, 2.45) is 23.7 Å². The Morgan fingerprint density at radius 1 is 0.750 bits per heavy atom. The molecule has 4 unspecified atom stereocenters. The number of carboxylic acids is 2. The van der Waals surface area contributed by atoms with Crippen LogP contribution in [0.2, 0.25) is 0 Å². The van der Waals surface area contributed by atoms with E-state index in [2.05, 4.69) is 0 Å². The molecule has 2 rings (SSSR count). The van der Waals surface area contributed by atoms with Crippen LogP contribution in [-0.4, -0.2) is 22.2 Å². The topological polar surface area (TPSA) is 74.6 Å². The van der Waals surface area contributed by atoms with Gasteiger partial charge in [0.25, 0.3) is 0 Å². The van der Waals surface area contributed by atoms with Gasteiger partial charge in [0, 0.05) is 0 Å². The summed E-state index contributed by atoms with van der Waals surface area (Å²) in [6.45, 7) is 0. The maximum Gasteiger partial charge on any atom is 0.306 e. The Balaban J connectivity index is 2.11. The van der Waals surface area contributed by atoms with Gasteiger partial charge in [-0.3, -0.25) is 9.59 Å². The molecule has 2 aliphatic rings. The molecule has 2 saturated carbocycles. The first kappa shape index (κ1) is 11.4. The van der Waals surface area contributed by atoms with Gasteiger partial charge in [0.2, 0.25) is 0 Å². The molecule has 90 valence electrons. The maximum absolute atomic E-state index is 11.1. The van der Waals surface area contributed by atoms with E-state index in [1.807, 2.05) is 0 Å². The van der Waals surface area contributed by atoms with E-state index in [1.165, 1.54) is 0 Å². The lowest BCUT2D eigenvalue weighted by atomic mass is 9.78. The Bertz CT molecular complexity index is 269. The van der Waals surface area contributed by atoms with E-state index >= 15 is 0 Å². The lowest BCUT2D eigenvalue weighted by Gasteiger charge is -2.26. The van der Waals surface area contributed by atoms with Crippen molar-refractivity contribution < 1.29 is 19.8 Å². The van der Waals surface area contributed by atoms with Gasteiger partial charge in [-0.15, -0.1) is 0 Å². The molecular weight excluding hydrogens is 208 g/mol.